The fourth-order valence-corrected chi connectivity index (χ4v) is 5.22. The average molecular weight is 666 g/mol. The van der Waals surface area contributed by atoms with Gasteiger partial charge in [-0.05, 0) is 53.6 Å². The number of ether oxygens (including phenoxy) is 1. The molecule has 2 heterocycles. The van der Waals surface area contributed by atoms with E-state index in [1.807, 2.05) is 36.9 Å². The third-order valence-electron chi connectivity index (χ3n) is 7.63. The van der Waals surface area contributed by atoms with Crippen molar-refractivity contribution in [2.75, 3.05) is 20.3 Å². The molecule has 0 spiro atoms. The first kappa shape index (κ1) is 35.2. The van der Waals surface area contributed by atoms with E-state index >= 15 is 0 Å². The van der Waals surface area contributed by atoms with Crippen molar-refractivity contribution < 1.29 is 18.3 Å². The van der Waals surface area contributed by atoms with Crippen molar-refractivity contribution in [2.24, 2.45) is 16.1 Å². The molecule has 1 amide bonds. The molecule has 0 saturated heterocycles. The number of alkyl halides is 2. The summed E-state index contributed by atoms with van der Waals surface area (Å²) in [5, 5.41) is 17.7. The third-order valence-corrected chi connectivity index (χ3v) is 7.95. The SMILES string of the molecule is CCCn1cc(-c2ccc(C(=O)N(C(N)=NCCC(C)(C)CC#N)[C@H](COC)c3ccc(Cl)c(-n4ncnc4C(F)F)c3)cc2)cn1. The maximum Gasteiger partial charge on any atom is 0.297 e. The minimum atomic E-state index is -2.90. The molecular formula is C33H38ClF2N9O2. The van der Waals surface area contributed by atoms with E-state index in [1.165, 1.54) is 18.1 Å². The van der Waals surface area contributed by atoms with Crippen molar-refractivity contribution in [3.05, 3.63) is 83.2 Å². The number of benzene rings is 2. The number of nitrogens with zero attached hydrogens (tertiary/aromatic N) is 8. The van der Waals surface area contributed by atoms with Gasteiger partial charge in [-0.3, -0.25) is 19.4 Å². The molecule has 0 unspecified atom stereocenters. The van der Waals surface area contributed by atoms with Crippen LogP contribution in [-0.2, 0) is 11.3 Å². The second-order valence-corrected chi connectivity index (χ2v) is 12.2. The summed E-state index contributed by atoms with van der Waals surface area (Å²) in [6.45, 7) is 7.03. The lowest BCUT2D eigenvalue weighted by molar-refractivity contribution is 0.0698. The predicted octanol–water partition coefficient (Wildman–Crippen LogP) is 6.61. The largest absolute Gasteiger partial charge is 0.382 e. The zero-order valence-electron chi connectivity index (χ0n) is 26.8. The molecule has 4 aromatic rings. The Balaban J connectivity index is 1.75. The summed E-state index contributed by atoms with van der Waals surface area (Å²) in [5.41, 5.74) is 9.03. The average Bonchev–Trinajstić information content (AvgIpc) is 3.72. The van der Waals surface area contributed by atoms with Gasteiger partial charge in [-0.2, -0.15) is 15.5 Å². The number of hydrogen-bond acceptors (Lipinski definition) is 7. The topological polar surface area (TPSA) is 140 Å². The van der Waals surface area contributed by atoms with Gasteiger partial charge in [0, 0.05) is 43.9 Å². The zero-order chi connectivity index (χ0) is 34.1. The summed E-state index contributed by atoms with van der Waals surface area (Å²) in [7, 11) is 1.48. The van der Waals surface area contributed by atoms with E-state index in [0.29, 0.717) is 24.0 Å². The summed E-state index contributed by atoms with van der Waals surface area (Å²) < 4.78 is 35.8. The molecule has 14 heteroatoms. The minimum absolute atomic E-state index is 0.0171. The first-order valence-electron chi connectivity index (χ1n) is 15.1. The Bertz CT molecular complexity index is 1730. The summed E-state index contributed by atoms with van der Waals surface area (Å²) >= 11 is 6.45. The number of aliphatic imine (C=N–C) groups is 1. The van der Waals surface area contributed by atoms with Crippen LogP contribution in [0.25, 0.3) is 16.8 Å². The van der Waals surface area contributed by atoms with Gasteiger partial charge in [0.15, 0.2) is 11.8 Å². The van der Waals surface area contributed by atoms with Crippen molar-refractivity contribution >= 4 is 23.5 Å². The van der Waals surface area contributed by atoms with Crippen LogP contribution in [0.15, 0.2) is 66.2 Å². The number of aryl methyl sites for hydroxylation is 1. The molecule has 248 valence electrons. The van der Waals surface area contributed by atoms with E-state index < -0.39 is 24.2 Å². The lowest BCUT2D eigenvalue weighted by Crippen LogP contribution is -2.46. The molecule has 4 rings (SSSR count). The highest BCUT2D eigenvalue weighted by Gasteiger charge is 2.31. The van der Waals surface area contributed by atoms with Crippen LogP contribution in [0.4, 0.5) is 8.78 Å². The van der Waals surface area contributed by atoms with E-state index in [0.717, 1.165) is 35.1 Å². The number of rotatable bonds is 14. The third kappa shape index (κ3) is 8.58. The Labute approximate surface area is 277 Å². The highest BCUT2D eigenvalue weighted by atomic mass is 35.5. The van der Waals surface area contributed by atoms with Crippen molar-refractivity contribution in [3.8, 4) is 22.9 Å². The smallest absolute Gasteiger partial charge is 0.297 e. The standard InChI is InChI=1S/C33H38ClF2N9O2/c1-5-16-43-19-25(18-41-43)22-6-8-23(9-7-22)31(46)44(32(38)39-15-13-33(2,3)12-14-37)28(20-47-4)24-10-11-26(34)27(17-24)45-30(29(35)36)40-21-42-45/h6-11,17-19,21,28-29H,5,12-13,15-16,20H2,1-4H3,(H2,38,39)/t28-/m1/s1. The maximum atomic E-state index is 14.3. The Morgan fingerprint density at radius 1 is 1.19 bits per heavy atom. The van der Waals surface area contributed by atoms with Gasteiger partial charge in [0.25, 0.3) is 12.3 Å². The quantitative estimate of drug-likeness (QED) is 0.118. The van der Waals surface area contributed by atoms with Crippen molar-refractivity contribution in [1.82, 2.24) is 29.4 Å². The van der Waals surface area contributed by atoms with Gasteiger partial charge in [0.2, 0.25) is 0 Å². The molecule has 2 aromatic carbocycles. The lowest BCUT2D eigenvalue weighted by atomic mass is 9.86. The van der Waals surface area contributed by atoms with Crippen LogP contribution in [0.5, 0.6) is 0 Å². The molecule has 1 atom stereocenters. The first-order chi connectivity index (χ1) is 22.5. The monoisotopic (exact) mass is 665 g/mol. The van der Waals surface area contributed by atoms with Gasteiger partial charge < -0.3 is 10.5 Å². The Morgan fingerprint density at radius 3 is 2.60 bits per heavy atom. The predicted molar refractivity (Wildman–Crippen MR) is 175 cm³/mol. The molecule has 2 aromatic heterocycles. The van der Waals surface area contributed by atoms with E-state index in [-0.39, 0.29) is 35.2 Å². The normalized spacial score (nSPS) is 12.7. The van der Waals surface area contributed by atoms with E-state index in [4.69, 9.17) is 22.1 Å². The van der Waals surface area contributed by atoms with Gasteiger partial charge in [-0.15, -0.1) is 0 Å². The number of amides is 1. The molecule has 0 aliphatic rings. The fraction of sp³-hybridized carbons (Fsp3) is 0.394. The molecular weight excluding hydrogens is 628 g/mol. The van der Waals surface area contributed by atoms with Gasteiger partial charge in [0.05, 0.1) is 35.6 Å². The van der Waals surface area contributed by atoms with E-state index in [2.05, 4.69) is 33.2 Å². The number of carbonyl (C=O) groups is 1. The number of nitrogens with two attached hydrogens (primary N) is 1. The van der Waals surface area contributed by atoms with Gasteiger partial charge in [-0.25, -0.2) is 18.4 Å². The first-order valence-corrected chi connectivity index (χ1v) is 15.5. The van der Waals surface area contributed by atoms with Crippen LogP contribution in [0.3, 0.4) is 0 Å². The van der Waals surface area contributed by atoms with Gasteiger partial charge in [-0.1, -0.05) is 50.6 Å². The zero-order valence-corrected chi connectivity index (χ0v) is 27.5. The number of nitriles is 1. The number of guanidine groups is 1. The van der Waals surface area contributed by atoms with Crippen LogP contribution in [0.1, 0.15) is 74.2 Å². The molecule has 0 fully saturated rings. The Hall–Kier alpha value is -4.67. The van der Waals surface area contributed by atoms with Crippen molar-refractivity contribution in [3.63, 3.8) is 0 Å². The molecule has 2 N–H and O–H groups in total. The van der Waals surface area contributed by atoms with Crippen LogP contribution in [0, 0.1) is 16.7 Å². The molecule has 47 heavy (non-hydrogen) atoms. The fourth-order valence-electron chi connectivity index (χ4n) is 5.03. The molecule has 0 aliphatic carbocycles. The van der Waals surface area contributed by atoms with E-state index in [9.17, 15) is 18.8 Å². The number of carbonyl (C=O) groups excluding carboxylic acids is 1. The van der Waals surface area contributed by atoms with E-state index in [1.54, 1.807) is 30.5 Å². The lowest BCUT2D eigenvalue weighted by Gasteiger charge is -2.31. The molecule has 0 bridgehead atoms. The van der Waals surface area contributed by atoms with Crippen LogP contribution < -0.4 is 5.73 Å². The van der Waals surface area contributed by atoms with Crippen LogP contribution in [-0.4, -0.2) is 61.6 Å². The van der Waals surface area contributed by atoms with Gasteiger partial charge in [0.1, 0.15) is 6.33 Å². The maximum absolute atomic E-state index is 14.3. The Kier molecular flexibility index (Phi) is 11.8. The molecule has 0 radical (unpaired) electrons. The van der Waals surface area contributed by atoms with Crippen molar-refractivity contribution in [2.45, 2.75) is 59.0 Å². The van der Waals surface area contributed by atoms with Gasteiger partial charge >= 0.3 is 0 Å². The highest BCUT2D eigenvalue weighted by molar-refractivity contribution is 6.32. The highest BCUT2D eigenvalue weighted by Crippen LogP contribution is 2.32. The summed E-state index contributed by atoms with van der Waals surface area (Å²) in [4.78, 5) is 23.8. The minimum Gasteiger partial charge on any atom is -0.382 e. The second-order valence-electron chi connectivity index (χ2n) is 11.7. The van der Waals surface area contributed by atoms with Crippen molar-refractivity contribution in [1.29, 1.82) is 5.26 Å². The summed E-state index contributed by atoms with van der Waals surface area (Å²) in [6.07, 6.45) is 3.67. The van der Waals surface area contributed by atoms with Crippen LogP contribution >= 0.6 is 11.6 Å². The summed E-state index contributed by atoms with van der Waals surface area (Å²) in [6, 6.07) is 13.1. The number of aromatic nitrogens is 5. The van der Waals surface area contributed by atoms with Crippen LogP contribution in [0.2, 0.25) is 5.02 Å². The molecule has 0 aliphatic heterocycles. The Morgan fingerprint density at radius 2 is 1.94 bits per heavy atom. The number of halogens is 3. The number of methoxy groups -OCH3 is 1. The molecule has 0 saturated carbocycles. The summed E-state index contributed by atoms with van der Waals surface area (Å²) in [5.74, 6) is -1.11. The second kappa shape index (κ2) is 15.8. The number of hydrogen-bond donors (Lipinski definition) is 1. The molecule has 11 nitrogen and oxygen atoms in total.